The van der Waals surface area contributed by atoms with Crippen LogP contribution in [-0.4, -0.2) is 39.9 Å². The molecule has 22 heavy (non-hydrogen) atoms. The summed E-state index contributed by atoms with van der Waals surface area (Å²) in [5, 5.41) is 0.976. The van der Waals surface area contributed by atoms with Crippen LogP contribution in [0.15, 0.2) is 27.8 Å². The molecule has 1 aromatic rings. The number of carbonyl (C=O) groups excluding carboxylic acids is 1. The van der Waals surface area contributed by atoms with Crippen LogP contribution in [-0.2, 0) is 4.74 Å². The molecule has 1 fully saturated rings. The molecule has 1 aromatic heterocycles. The second-order valence-corrected chi connectivity index (χ2v) is 8.29. The monoisotopic (exact) mass is 386 g/mol. The van der Waals surface area contributed by atoms with E-state index in [0.717, 1.165) is 41.2 Å². The van der Waals surface area contributed by atoms with Crippen LogP contribution in [0.5, 0.6) is 0 Å². The Morgan fingerprint density at radius 2 is 2.23 bits per heavy atom. The molecule has 0 aliphatic carbocycles. The van der Waals surface area contributed by atoms with Gasteiger partial charge in [-0.2, -0.15) is 0 Å². The minimum absolute atomic E-state index is 0.194. The lowest BCUT2D eigenvalue weighted by atomic mass is 10.0. The van der Waals surface area contributed by atoms with Gasteiger partial charge in [0.05, 0.1) is 5.03 Å². The fraction of sp³-hybridized carbons (Fsp3) is 0.625. The number of halogens is 1. The molecule has 1 amide bonds. The third kappa shape index (κ3) is 5.47. The van der Waals surface area contributed by atoms with Gasteiger partial charge in [-0.15, -0.1) is 11.8 Å². The lowest BCUT2D eigenvalue weighted by Crippen LogP contribution is -2.47. The van der Waals surface area contributed by atoms with E-state index in [-0.39, 0.29) is 12.1 Å². The van der Waals surface area contributed by atoms with Crippen LogP contribution in [0.3, 0.4) is 0 Å². The molecule has 4 nitrogen and oxygen atoms in total. The third-order valence-electron chi connectivity index (χ3n) is 3.37. The summed E-state index contributed by atoms with van der Waals surface area (Å²) in [6.45, 7) is 6.50. The highest BCUT2D eigenvalue weighted by Gasteiger charge is 2.30. The van der Waals surface area contributed by atoms with Gasteiger partial charge in [-0.25, -0.2) is 9.78 Å². The van der Waals surface area contributed by atoms with E-state index in [2.05, 4.69) is 20.9 Å². The van der Waals surface area contributed by atoms with Gasteiger partial charge >= 0.3 is 6.09 Å². The van der Waals surface area contributed by atoms with Crippen molar-refractivity contribution in [2.45, 2.75) is 56.7 Å². The molecule has 122 valence electrons. The van der Waals surface area contributed by atoms with Gasteiger partial charge in [0.25, 0.3) is 0 Å². The molecule has 0 radical (unpaired) electrons. The van der Waals surface area contributed by atoms with E-state index in [0.29, 0.717) is 0 Å². The molecular weight excluding hydrogens is 364 g/mol. The third-order valence-corrected chi connectivity index (χ3v) is 4.88. The molecule has 2 heterocycles. The van der Waals surface area contributed by atoms with Crippen molar-refractivity contribution in [3.8, 4) is 0 Å². The highest BCUT2D eigenvalue weighted by Crippen LogP contribution is 2.26. The summed E-state index contributed by atoms with van der Waals surface area (Å²) in [5.41, 5.74) is -0.446. The van der Waals surface area contributed by atoms with E-state index < -0.39 is 5.60 Å². The van der Waals surface area contributed by atoms with Gasteiger partial charge in [-0.1, -0.05) is 6.07 Å². The molecule has 0 unspecified atom stereocenters. The number of ether oxygens (including phenoxy) is 1. The quantitative estimate of drug-likeness (QED) is 0.556. The number of piperidine rings is 1. The molecule has 0 aromatic carbocycles. The van der Waals surface area contributed by atoms with Crippen LogP contribution in [0.1, 0.15) is 40.0 Å². The number of carbonyl (C=O) groups is 1. The fourth-order valence-corrected chi connectivity index (χ4v) is 3.89. The Morgan fingerprint density at radius 1 is 1.45 bits per heavy atom. The van der Waals surface area contributed by atoms with Crippen LogP contribution < -0.4 is 0 Å². The van der Waals surface area contributed by atoms with Crippen molar-refractivity contribution in [3.05, 3.63) is 22.8 Å². The Kier molecular flexibility index (Phi) is 6.15. The molecule has 1 aliphatic heterocycles. The predicted octanol–water partition coefficient (Wildman–Crippen LogP) is 4.73. The molecule has 6 heteroatoms. The van der Waals surface area contributed by atoms with Crippen molar-refractivity contribution in [3.63, 3.8) is 0 Å². The van der Waals surface area contributed by atoms with Crippen LogP contribution in [0, 0.1) is 0 Å². The summed E-state index contributed by atoms with van der Waals surface area (Å²) in [6, 6.07) is 6.11. The van der Waals surface area contributed by atoms with Gasteiger partial charge in [0.1, 0.15) is 10.2 Å². The fourth-order valence-electron chi connectivity index (χ4n) is 2.39. The summed E-state index contributed by atoms with van der Waals surface area (Å²) >= 11 is 5.08. The van der Waals surface area contributed by atoms with Crippen molar-refractivity contribution in [1.29, 1.82) is 0 Å². The number of amides is 1. The maximum absolute atomic E-state index is 12.4. The van der Waals surface area contributed by atoms with Crippen LogP contribution in [0.4, 0.5) is 4.79 Å². The minimum atomic E-state index is -0.446. The molecule has 2 rings (SSSR count). The Morgan fingerprint density at radius 3 is 2.91 bits per heavy atom. The largest absolute Gasteiger partial charge is 0.444 e. The molecular formula is C16H23BrN2O2S. The van der Waals surface area contributed by atoms with Gasteiger partial charge in [-0.05, 0) is 68.1 Å². The van der Waals surface area contributed by atoms with Crippen molar-refractivity contribution < 1.29 is 9.53 Å². The molecule has 1 saturated heterocycles. The van der Waals surface area contributed by atoms with E-state index >= 15 is 0 Å². The molecule has 1 aliphatic rings. The summed E-state index contributed by atoms with van der Waals surface area (Å²) in [6.07, 6.45) is 3.05. The maximum atomic E-state index is 12.4. The first-order chi connectivity index (χ1) is 10.3. The molecule has 0 spiro atoms. The Hall–Kier alpha value is -0.750. The van der Waals surface area contributed by atoms with E-state index in [1.165, 1.54) is 0 Å². The molecule has 1 atom stereocenters. The van der Waals surface area contributed by atoms with Gasteiger partial charge in [-0.3, -0.25) is 0 Å². The second kappa shape index (κ2) is 7.68. The van der Waals surface area contributed by atoms with Gasteiger partial charge in [0.15, 0.2) is 0 Å². The number of nitrogens with zero attached hydrogens (tertiary/aromatic N) is 2. The van der Waals surface area contributed by atoms with Gasteiger partial charge < -0.3 is 9.64 Å². The number of likely N-dealkylation sites (tertiary alicyclic amines) is 1. The van der Waals surface area contributed by atoms with Crippen molar-refractivity contribution in [2.75, 3.05) is 12.3 Å². The van der Waals surface area contributed by atoms with Crippen LogP contribution >= 0.6 is 27.7 Å². The SMILES string of the molecule is CC(C)(C)OC(=O)N1CCCC[C@@H]1CSc1cccc(Br)n1. The first-order valence-electron chi connectivity index (χ1n) is 7.60. The van der Waals surface area contributed by atoms with Gasteiger partial charge in [0.2, 0.25) is 0 Å². The Labute approximate surface area is 145 Å². The van der Waals surface area contributed by atoms with Crippen LogP contribution in [0.2, 0.25) is 0 Å². The number of hydrogen-bond acceptors (Lipinski definition) is 4. The molecule has 0 N–H and O–H groups in total. The van der Waals surface area contributed by atoms with E-state index in [4.69, 9.17) is 4.74 Å². The van der Waals surface area contributed by atoms with Gasteiger partial charge in [0, 0.05) is 18.3 Å². The summed E-state index contributed by atoms with van der Waals surface area (Å²) in [4.78, 5) is 18.7. The number of hydrogen-bond donors (Lipinski definition) is 0. The zero-order valence-corrected chi connectivity index (χ0v) is 15.7. The lowest BCUT2D eigenvalue weighted by molar-refractivity contribution is 0.0126. The zero-order valence-electron chi connectivity index (χ0n) is 13.3. The van der Waals surface area contributed by atoms with Crippen molar-refractivity contribution >= 4 is 33.8 Å². The van der Waals surface area contributed by atoms with Crippen molar-refractivity contribution in [2.24, 2.45) is 0 Å². The van der Waals surface area contributed by atoms with Crippen LogP contribution in [0.25, 0.3) is 0 Å². The van der Waals surface area contributed by atoms with E-state index in [1.54, 1.807) is 11.8 Å². The van der Waals surface area contributed by atoms with Crippen molar-refractivity contribution in [1.82, 2.24) is 9.88 Å². The maximum Gasteiger partial charge on any atom is 0.410 e. The lowest BCUT2D eigenvalue weighted by Gasteiger charge is -2.36. The Balaban J connectivity index is 1.96. The number of aromatic nitrogens is 1. The first-order valence-corrected chi connectivity index (χ1v) is 9.38. The van der Waals surface area contributed by atoms with E-state index in [9.17, 15) is 4.79 Å². The summed E-state index contributed by atoms with van der Waals surface area (Å²) in [5.74, 6) is 0.850. The summed E-state index contributed by atoms with van der Waals surface area (Å²) in [7, 11) is 0. The Bertz CT molecular complexity index is 519. The first kappa shape index (κ1) is 17.6. The highest BCUT2D eigenvalue weighted by atomic mass is 79.9. The normalized spacial score (nSPS) is 19.1. The number of thioether (sulfide) groups is 1. The average molecular weight is 387 g/mol. The van der Waals surface area contributed by atoms with E-state index in [1.807, 2.05) is 43.9 Å². The zero-order chi connectivity index (χ0) is 16.2. The molecule has 0 bridgehead atoms. The second-order valence-electron chi connectivity index (χ2n) is 6.43. The standard InChI is InChI=1S/C16H23BrN2O2S/c1-16(2,3)21-15(20)19-10-5-4-7-12(19)11-22-14-9-6-8-13(17)18-14/h6,8-9,12H,4-5,7,10-11H2,1-3H3/t12-/m1/s1. The predicted molar refractivity (Wildman–Crippen MR) is 93.2 cm³/mol. The number of rotatable bonds is 3. The molecule has 0 saturated carbocycles. The minimum Gasteiger partial charge on any atom is -0.444 e. The average Bonchev–Trinajstić information content (AvgIpc) is 2.44. The highest BCUT2D eigenvalue weighted by molar-refractivity contribution is 9.10. The number of pyridine rings is 1. The summed E-state index contributed by atoms with van der Waals surface area (Å²) < 4.78 is 6.37. The topological polar surface area (TPSA) is 42.4 Å². The smallest absolute Gasteiger partial charge is 0.410 e.